The van der Waals surface area contributed by atoms with Gasteiger partial charge in [0.1, 0.15) is 5.82 Å². The lowest BCUT2D eigenvalue weighted by molar-refractivity contribution is 0.281. The minimum atomic E-state index is -0.350. The van der Waals surface area contributed by atoms with E-state index < -0.39 is 0 Å². The zero-order valence-corrected chi connectivity index (χ0v) is 9.66. The maximum Gasteiger partial charge on any atom is 0.280 e. The standard InChI is InChI=1S/C11H10FN5O2/c12-7-3-1-6(2-4-7)5-13-11-14-9-8(10(18)15-11)16-19-17-9/h1-4,16H,5H2,(H3,13,14,15,17,18). The van der Waals surface area contributed by atoms with Gasteiger partial charge in [-0.25, -0.2) is 15.4 Å². The largest absolute Gasteiger partial charge is 0.352 e. The molecular weight excluding hydrogens is 253 g/mol. The molecule has 0 bridgehead atoms. The van der Waals surface area contributed by atoms with E-state index in [-0.39, 0.29) is 17.1 Å². The van der Waals surface area contributed by atoms with Crippen molar-refractivity contribution in [2.45, 2.75) is 6.54 Å². The molecule has 1 aliphatic rings. The zero-order valence-electron chi connectivity index (χ0n) is 9.66. The lowest BCUT2D eigenvalue weighted by Crippen LogP contribution is -2.14. The highest BCUT2D eigenvalue weighted by atomic mass is 19.1. The fraction of sp³-hybridized carbons (Fsp3) is 0.0909. The van der Waals surface area contributed by atoms with E-state index in [1.165, 1.54) is 12.1 Å². The molecule has 7 nitrogen and oxygen atoms in total. The topological polar surface area (TPSA) is 91.1 Å². The molecule has 4 N–H and O–H groups in total. The molecule has 0 saturated heterocycles. The number of anilines is 3. The van der Waals surface area contributed by atoms with Gasteiger partial charge in [-0.2, -0.15) is 9.92 Å². The summed E-state index contributed by atoms with van der Waals surface area (Å²) in [5.41, 5.74) is 5.59. The summed E-state index contributed by atoms with van der Waals surface area (Å²) in [6.07, 6.45) is 0. The minimum absolute atomic E-state index is 0.229. The number of aromatic amines is 1. The van der Waals surface area contributed by atoms with E-state index in [9.17, 15) is 9.18 Å². The number of H-pyrrole nitrogens is 1. The third-order valence-corrected chi connectivity index (χ3v) is 2.59. The van der Waals surface area contributed by atoms with Crippen LogP contribution in [-0.2, 0) is 11.5 Å². The summed E-state index contributed by atoms with van der Waals surface area (Å²) in [4.78, 5) is 23.0. The molecule has 0 spiro atoms. The van der Waals surface area contributed by atoms with Crippen LogP contribution in [0.5, 0.6) is 0 Å². The first kappa shape index (κ1) is 11.5. The Morgan fingerprint density at radius 3 is 2.84 bits per heavy atom. The molecule has 3 rings (SSSR count). The molecular formula is C11H10FN5O2. The predicted octanol–water partition coefficient (Wildman–Crippen LogP) is 1.21. The molecule has 1 aromatic carbocycles. The molecule has 2 aromatic rings. The Hall–Kier alpha value is -2.61. The van der Waals surface area contributed by atoms with Crippen molar-refractivity contribution in [2.75, 3.05) is 16.3 Å². The molecule has 0 saturated carbocycles. The van der Waals surface area contributed by atoms with E-state index >= 15 is 0 Å². The van der Waals surface area contributed by atoms with Crippen molar-refractivity contribution in [3.63, 3.8) is 0 Å². The van der Waals surface area contributed by atoms with Gasteiger partial charge in [0.2, 0.25) is 5.95 Å². The summed E-state index contributed by atoms with van der Waals surface area (Å²) in [6.45, 7) is 0.413. The van der Waals surface area contributed by atoms with Gasteiger partial charge in [-0.3, -0.25) is 9.78 Å². The second-order valence-electron chi connectivity index (χ2n) is 3.92. The molecule has 8 heteroatoms. The second kappa shape index (κ2) is 4.58. The Labute approximate surface area is 106 Å². The SMILES string of the molecule is O=c1[nH]c(NCc2ccc(F)cc2)nc2c1NON2. The monoisotopic (exact) mass is 263 g/mol. The zero-order chi connectivity index (χ0) is 13.2. The summed E-state index contributed by atoms with van der Waals surface area (Å²) in [6, 6.07) is 6.04. The van der Waals surface area contributed by atoms with Crippen molar-refractivity contribution in [1.82, 2.24) is 9.97 Å². The first-order chi connectivity index (χ1) is 9.22. The Morgan fingerprint density at radius 1 is 1.26 bits per heavy atom. The average Bonchev–Trinajstić information content (AvgIpc) is 2.87. The highest BCUT2D eigenvalue weighted by molar-refractivity contribution is 5.65. The van der Waals surface area contributed by atoms with Crippen molar-refractivity contribution < 1.29 is 9.33 Å². The predicted molar refractivity (Wildman–Crippen MR) is 66.9 cm³/mol. The number of benzene rings is 1. The minimum Gasteiger partial charge on any atom is -0.352 e. The molecule has 0 unspecified atom stereocenters. The number of rotatable bonds is 3. The Bertz CT molecular complexity index is 655. The number of aromatic nitrogens is 2. The van der Waals surface area contributed by atoms with Crippen LogP contribution < -0.4 is 21.8 Å². The molecule has 0 aliphatic carbocycles. The number of hydrogen-bond donors (Lipinski definition) is 4. The highest BCUT2D eigenvalue weighted by Gasteiger charge is 2.17. The number of halogens is 1. The third kappa shape index (κ3) is 2.33. The molecule has 1 aromatic heterocycles. The van der Waals surface area contributed by atoms with Crippen LogP contribution in [0, 0.1) is 5.82 Å². The van der Waals surface area contributed by atoms with E-state index in [0.717, 1.165) is 5.56 Å². The summed E-state index contributed by atoms with van der Waals surface area (Å²) in [7, 11) is 0. The van der Waals surface area contributed by atoms with Gasteiger partial charge in [-0.15, -0.1) is 0 Å². The summed E-state index contributed by atoms with van der Waals surface area (Å²) in [5.74, 6) is 0.318. The third-order valence-electron chi connectivity index (χ3n) is 2.59. The van der Waals surface area contributed by atoms with Gasteiger partial charge in [0, 0.05) is 6.54 Å². The van der Waals surface area contributed by atoms with Gasteiger partial charge in [-0.1, -0.05) is 12.1 Å². The lowest BCUT2D eigenvalue weighted by atomic mass is 10.2. The molecule has 1 aliphatic heterocycles. The van der Waals surface area contributed by atoms with Crippen molar-refractivity contribution in [2.24, 2.45) is 0 Å². The van der Waals surface area contributed by atoms with Crippen LogP contribution in [-0.4, -0.2) is 9.97 Å². The van der Waals surface area contributed by atoms with E-state index in [4.69, 9.17) is 0 Å². The van der Waals surface area contributed by atoms with Gasteiger partial charge in [-0.05, 0) is 17.7 Å². The van der Waals surface area contributed by atoms with Crippen LogP contribution >= 0.6 is 0 Å². The fourth-order valence-corrected chi connectivity index (χ4v) is 1.64. The van der Waals surface area contributed by atoms with Crippen LogP contribution in [0.25, 0.3) is 0 Å². The maximum absolute atomic E-state index is 12.7. The molecule has 2 heterocycles. The first-order valence-electron chi connectivity index (χ1n) is 5.53. The van der Waals surface area contributed by atoms with Crippen LogP contribution in [0.4, 0.5) is 21.8 Å². The maximum atomic E-state index is 12.7. The lowest BCUT2D eigenvalue weighted by Gasteiger charge is -2.06. The van der Waals surface area contributed by atoms with E-state index in [2.05, 4.69) is 31.2 Å². The van der Waals surface area contributed by atoms with Crippen molar-refractivity contribution in [1.29, 1.82) is 0 Å². The van der Waals surface area contributed by atoms with Crippen LogP contribution in [0.2, 0.25) is 0 Å². The van der Waals surface area contributed by atoms with Crippen molar-refractivity contribution in [3.8, 4) is 0 Å². The summed E-state index contributed by atoms with van der Waals surface area (Å²) in [5, 5.41) is 2.94. The Morgan fingerprint density at radius 2 is 2.05 bits per heavy atom. The number of fused-ring (bicyclic) bond motifs is 1. The van der Waals surface area contributed by atoms with Gasteiger partial charge in [0.05, 0.1) is 0 Å². The van der Waals surface area contributed by atoms with Crippen molar-refractivity contribution >= 4 is 17.5 Å². The van der Waals surface area contributed by atoms with Crippen LogP contribution in [0.15, 0.2) is 29.1 Å². The van der Waals surface area contributed by atoms with E-state index in [1.54, 1.807) is 12.1 Å². The van der Waals surface area contributed by atoms with Gasteiger partial charge < -0.3 is 5.32 Å². The number of nitrogens with one attached hydrogen (secondary N) is 4. The van der Waals surface area contributed by atoms with Gasteiger partial charge >= 0.3 is 0 Å². The first-order valence-corrected chi connectivity index (χ1v) is 5.53. The molecule has 0 atom stereocenters. The highest BCUT2D eigenvalue weighted by Crippen LogP contribution is 2.20. The molecule has 98 valence electrons. The Balaban J connectivity index is 1.75. The molecule has 0 radical (unpaired) electrons. The van der Waals surface area contributed by atoms with Gasteiger partial charge in [0.15, 0.2) is 11.5 Å². The van der Waals surface area contributed by atoms with Crippen LogP contribution in [0.3, 0.4) is 0 Å². The van der Waals surface area contributed by atoms with Crippen LogP contribution in [0.1, 0.15) is 5.56 Å². The number of nitrogens with zero attached hydrogens (tertiary/aromatic N) is 1. The normalized spacial score (nSPS) is 12.5. The van der Waals surface area contributed by atoms with E-state index in [1.807, 2.05) is 0 Å². The smallest absolute Gasteiger partial charge is 0.280 e. The summed E-state index contributed by atoms with van der Waals surface area (Å²) < 4.78 is 12.7. The quantitative estimate of drug-likeness (QED) is 0.665. The average molecular weight is 263 g/mol. The second-order valence-corrected chi connectivity index (χ2v) is 3.92. The molecule has 0 amide bonds. The fourth-order valence-electron chi connectivity index (χ4n) is 1.64. The van der Waals surface area contributed by atoms with E-state index in [0.29, 0.717) is 18.3 Å². The summed E-state index contributed by atoms with van der Waals surface area (Å²) >= 11 is 0. The number of hydrogen-bond acceptors (Lipinski definition) is 6. The van der Waals surface area contributed by atoms with Gasteiger partial charge in [0.25, 0.3) is 5.56 Å². The van der Waals surface area contributed by atoms with Crippen molar-refractivity contribution in [3.05, 3.63) is 46.0 Å². The Kier molecular flexibility index (Phi) is 2.76. The molecule has 0 fully saturated rings. The molecule has 19 heavy (non-hydrogen) atoms.